The fourth-order valence-electron chi connectivity index (χ4n) is 1.76. The summed E-state index contributed by atoms with van der Waals surface area (Å²) in [6.07, 6.45) is 0. The SMILES string of the molecule is COc1ccc(OC)c(C(C)NCCNC(N)=O)c1. The molecule has 0 aliphatic carbocycles. The Balaban J connectivity index is 2.63. The first-order valence-corrected chi connectivity index (χ1v) is 6.07. The monoisotopic (exact) mass is 267 g/mol. The van der Waals surface area contributed by atoms with Gasteiger partial charge in [0.1, 0.15) is 11.5 Å². The van der Waals surface area contributed by atoms with E-state index in [0.29, 0.717) is 13.1 Å². The summed E-state index contributed by atoms with van der Waals surface area (Å²) in [5.74, 6) is 1.57. The first kappa shape index (κ1) is 15.1. The van der Waals surface area contributed by atoms with Gasteiger partial charge in [0.15, 0.2) is 0 Å². The van der Waals surface area contributed by atoms with Crippen molar-refractivity contribution in [2.75, 3.05) is 27.3 Å². The molecule has 1 aromatic rings. The van der Waals surface area contributed by atoms with E-state index >= 15 is 0 Å². The minimum absolute atomic E-state index is 0.0692. The highest BCUT2D eigenvalue weighted by Gasteiger charge is 2.12. The maximum absolute atomic E-state index is 10.5. The van der Waals surface area contributed by atoms with Gasteiger partial charge in [0.2, 0.25) is 0 Å². The van der Waals surface area contributed by atoms with Gasteiger partial charge in [-0.1, -0.05) is 0 Å². The molecule has 1 rings (SSSR count). The molecule has 106 valence electrons. The van der Waals surface area contributed by atoms with Gasteiger partial charge in [-0.3, -0.25) is 0 Å². The molecule has 0 aromatic heterocycles. The third-order valence-corrected chi connectivity index (χ3v) is 2.78. The van der Waals surface area contributed by atoms with Crippen LogP contribution in [0.25, 0.3) is 0 Å². The van der Waals surface area contributed by atoms with Crippen molar-refractivity contribution < 1.29 is 14.3 Å². The molecule has 0 radical (unpaired) electrons. The molecule has 0 spiro atoms. The zero-order chi connectivity index (χ0) is 14.3. The number of methoxy groups -OCH3 is 2. The molecule has 1 aromatic carbocycles. The summed E-state index contributed by atoms with van der Waals surface area (Å²) in [6.45, 7) is 3.11. The Bertz CT molecular complexity index is 424. The Morgan fingerprint density at radius 2 is 2.05 bits per heavy atom. The normalized spacial score (nSPS) is 11.7. The number of benzene rings is 1. The van der Waals surface area contributed by atoms with Gasteiger partial charge in [-0.25, -0.2) is 4.79 Å². The van der Waals surface area contributed by atoms with Crippen LogP contribution < -0.4 is 25.8 Å². The maximum Gasteiger partial charge on any atom is 0.312 e. The van der Waals surface area contributed by atoms with Gasteiger partial charge in [-0.05, 0) is 25.1 Å². The summed E-state index contributed by atoms with van der Waals surface area (Å²) in [5, 5.41) is 5.80. The van der Waals surface area contributed by atoms with Crippen LogP contribution in [-0.2, 0) is 0 Å². The number of hydrogen-bond donors (Lipinski definition) is 3. The molecule has 6 heteroatoms. The number of urea groups is 1. The fourth-order valence-corrected chi connectivity index (χ4v) is 1.76. The molecule has 2 amide bonds. The molecule has 6 nitrogen and oxygen atoms in total. The van der Waals surface area contributed by atoms with Crippen molar-refractivity contribution >= 4 is 6.03 Å². The number of rotatable bonds is 7. The highest BCUT2D eigenvalue weighted by Crippen LogP contribution is 2.28. The Hall–Kier alpha value is -1.95. The standard InChI is InChI=1S/C13H21N3O3/c1-9(15-6-7-16-13(14)17)11-8-10(18-2)4-5-12(11)19-3/h4-5,8-9,15H,6-7H2,1-3H3,(H3,14,16,17). The number of nitrogens with one attached hydrogen (secondary N) is 2. The molecule has 19 heavy (non-hydrogen) atoms. The average molecular weight is 267 g/mol. The van der Waals surface area contributed by atoms with Crippen molar-refractivity contribution in [1.82, 2.24) is 10.6 Å². The molecule has 0 aliphatic rings. The Kier molecular flexibility index (Phi) is 5.95. The lowest BCUT2D eigenvalue weighted by Gasteiger charge is -2.18. The van der Waals surface area contributed by atoms with Crippen LogP contribution in [0.1, 0.15) is 18.5 Å². The number of carbonyl (C=O) groups is 1. The summed E-state index contributed by atoms with van der Waals surface area (Å²) in [5.41, 5.74) is 5.99. The van der Waals surface area contributed by atoms with Crippen LogP contribution in [0.3, 0.4) is 0 Å². The predicted molar refractivity (Wildman–Crippen MR) is 73.5 cm³/mol. The highest BCUT2D eigenvalue weighted by molar-refractivity contribution is 5.71. The van der Waals surface area contributed by atoms with E-state index in [2.05, 4.69) is 10.6 Å². The predicted octanol–water partition coefficient (Wildman–Crippen LogP) is 1.02. The van der Waals surface area contributed by atoms with Crippen LogP contribution in [0.2, 0.25) is 0 Å². The number of hydrogen-bond acceptors (Lipinski definition) is 4. The largest absolute Gasteiger partial charge is 0.497 e. The van der Waals surface area contributed by atoms with E-state index in [0.717, 1.165) is 17.1 Å². The molecule has 1 unspecified atom stereocenters. The van der Waals surface area contributed by atoms with Gasteiger partial charge in [-0.2, -0.15) is 0 Å². The second-order valence-electron chi connectivity index (χ2n) is 4.07. The van der Waals surface area contributed by atoms with E-state index < -0.39 is 6.03 Å². The highest BCUT2D eigenvalue weighted by atomic mass is 16.5. The number of carbonyl (C=O) groups excluding carboxylic acids is 1. The van der Waals surface area contributed by atoms with Crippen molar-refractivity contribution in [3.05, 3.63) is 23.8 Å². The Morgan fingerprint density at radius 3 is 2.63 bits per heavy atom. The van der Waals surface area contributed by atoms with Crippen molar-refractivity contribution in [1.29, 1.82) is 0 Å². The second-order valence-corrected chi connectivity index (χ2v) is 4.07. The average Bonchev–Trinajstić information content (AvgIpc) is 2.42. The topological polar surface area (TPSA) is 85.6 Å². The first-order chi connectivity index (χ1) is 9.08. The van der Waals surface area contributed by atoms with Crippen LogP contribution in [-0.4, -0.2) is 33.3 Å². The number of primary amides is 1. The number of nitrogens with two attached hydrogens (primary N) is 1. The van der Waals surface area contributed by atoms with Crippen LogP contribution in [0.15, 0.2) is 18.2 Å². The third-order valence-electron chi connectivity index (χ3n) is 2.78. The lowest BCUT2D eigenvalue weighted by molar-refractivity contribution is 0.249. The zero-order valence-corrected chi connectivity index (χ0v) is 11.5. The maximum atomic E-state index is 10.5. The smallest absolute Gasteiger partial charge is 0.312 e. The van der Waals surface area contributed by atoms with E-state index in [9.17, 15) is 4.79 Å². The molecule has 0 fully saturated rings. The van der Waals surface area contributed by atoms with E-state index in [1.54, 1.807) is 14.2 Å². The molecule has 1 atom stereocenters. The summed E-state index contributed by atoms with van der Waals surface area (Å²) in [4.78, 5) is 10.5. The van der Waals surface area contributed by atoms with Gasteiger partial charge < -0.3 is 25.8 Å². The zero-order valence-electron chi connectivity index (χ0n) is 11.5. The molecule has 0 bridgehead atoms. The van der Waals surface area contributed by atoms with Crippen LogP contribution >= 0.6 is 0 Å². The van der Waals surface area contributed by atoms with E-state index in [4.69, 9.17) is 15.2 Å². The van der Waals surface area contributed by atoms with E-state index in [1.165, 1.54) is 0 Å². The molecular formula is C13H21N3O3. The summed E-state index contributed by atoms with van der Waals surface area (Å²) in [7, 11) is 3.26. The van der Waals surface area contributed by atoms with Crippen molar-refractivity contribution in [2.24, 2.45) is 5.73 Å². The number of ether oxygens (including phenoxy) is 2. The lowest BCUT2D eigenvalue weighted by Crippen LogP contribution is -2.36. The summed E-state index contributed by atoms with van der Waals surface area (Å²) < 4.78 is 10.5. The number of amides is 2. The van der Waals surface area contributed by atoms with Crippen molar-refractivity contribution in [3.8, 4) is 11.5 Å². The van der Waals surface area contributed by atoms with Crippen LogP contribution in [0, 0.1) is 0 Å². The molecular weight excluding hydrogens is 246 g/mol. The quantitative estimate of drug-likeness (QED) is 0.644. The third kappa shape index (κ3) is 4.67. The minimum Gasteiger partial charge on any atom is -0.497 e. The van der Waals surface area contributed by atoms with E-state index in [-0.39, 0.29) is 6.04 Å². The molecule has 0 heterocycles. The first-order valence-electron chi connectivity index (χ1n) is 6.07. The van der Waals surface area contributed by atoms with Gasteiger partial charge >= 0.3 is 6.03 Å². The molecule has 0 saturated carbocycles. The minimum atomic E-state index is -0.520. The van der Waals surface area contributed by atoms with Gasteiger partial charge in [0.05, 0.1) is 14.2 Å². The van der Waals surface area contributed by atoms with Crippen molar-refractivity contribution in [2.45, 2.75) is 13.0 Å². The summed E-state index contributed by atoms with van der Waals surface area (Å²) in [6, 6.07) is 5.20. The van der Waals surface area contributed by atoms with Crippen LogP contribution in [0.4, 0.5) is 4.79 Å². The van der Waals surface area contributed by atoms with Crippen LogP contribution in [0.5, 0.6) is 11.5 Å². The van der Waals surface area contributed by atoms with Gasteiger partial charge in [0, 0.05) is 24.7 Å². The van der Waals surface area contributed by atoms with Gasteiger partial charge in [-0.15, -0.1) is 0 Å². The second kappa shape index (κ2) is 7.48. The molecule has 4 N–H and O–H groups in total. The molecule has 0 saturated heterocycles. The van der Waals surface area contributed by atoms with Gasteiger partial charge in [0.25, 0.3) is 0 Å². The van der Waals surface area contributed by atoms with Crippen molar-refractivity contribution in [3.63, 3.8) is 0 Å². The lowest BCUT2D eigenvalue weighted by atomic mass is 10.1. The fraction of sp³-hybridized carbons (Fsp3) is 0.462. The summed E-state index contributed by atoms with van der Waals surface area (Å²) >= 11 is 0. The molecule has 0 aliphatic heterocycles. The van der Waals surface area contributed by atoms with E-state index in [1.807, 2.05) is 25.1 Å². The Morgan fingerprint density at radius 1 is 1.32 bits per heavy atom. The Labute approximate surface area is 113 Å².